The molecule has 0 N–H and O–H groups in total. The first kappa shape index (κ1) is 20.1. The lowest BCUT2D eigenvalue weighted by molar-refractivity contribution is 0.0683. The lowest BCUT2D eigenvalue weighted by Crippen LogP contribution is -2.54. The molecule has 2 aliphatic rings. The first-order valence-electron chi connectivity index (χ1n) is 10.1. The fraction of sp³-hybridized carbons (Fsp3) is 0.500. The minimum atomic E-state index is -3.46. The van der Waals surface area contributed by atoms with E-state index >= 15 is 0 Å². The van der Waals surface area contributed by atoms with E-state index in [9.17, 15) is 13.2 Å². The Labute approximate surface area is 171 Å². The van der Waals surface area contributed by atoms with Gasteiger partial charge >= 0.3 is 0 Å². The van der Waals surface area contributed by atoms with Crippen LogP contribution < -0.4 is 0 Å². The zero-order valence-corrected chi connectivity index (χ0v) is 17.2. The number of amides is 1. The third kappa shape index (κ3) is 4.36. The number of hydrogen-bond donors (Lipinski definition) is 0. The van der Waals surface area contributed by atoms with E-state index in [2.05, 4.69) is 5.16 Å². The molecule has 9 heteroatoms. The van der Waals surface area contributed by atoms with Gasteiger partial charge in [0.1, 0.15) is 0 Å². The molecule has 3 heterocycles. The molecule has 2 fully saturated rings. The predicted molar refractivity (Wildman–Crippen MR) is 108 cm³/mol. The van der Waals surface area contributed by atoms with E-state index in [0.717, 1.165) is 31.2 Å². The van der Waals surface area contributed by atoms with Crippen molar-refractivity contribution in [2.45, 2.75) is 25.7 Å². The summed E-state index contributed by atoms with van der Waals surface area (Å²) in [5, 5.41) is 3.91. The number of carbonyl (C=O) groups is 1. The number of aromatic nitrogens is 1. The molecule has 8 nitrogen and oxygen atoms in total. The molecule has 1 aromatic carbocycles. The Bertz CT molecular complexity index is 928. The molecule has 156 valence electrons. The van der Waals surface area contributed by atoms with Gasteiger partial charge in [-0.3, -0.25) is 4.79 Å². The van der Waals surface area contributed by atoms with E-state index in [1.165, 1.54) is 4.31 Å². The maximum Gasteiger partial charge on any atom is 0.282 e. The van der Waals surface area contributed by atoms with Crippen molar-refractivity contribution in [2.24, 2.45) is 0 Å². The SMILES string of the molecule is O=C(c1cc(-c2ccccc2)on1)N1CCN(S(=O)(=O)N2CCCCCC2)CC1. The molecule has 2 saturated heterocycles. The van der Waals surface area contributed by atoms with Gasteiger partial charge in [-0.1, -0.05) is 48.3 Å². The van der Waals surface area contributed by atoms with Crippen LogP contribution in [0.4, 0.5) is 0 Å². The topological polar surface area (TPSA) is 87.0 Å². The summed E-state index contributed by atoms with van der Waals surface area (Å²) in [5.74, 6) is 0.305. The monoisotopic (exact) mass is 418 g/mol. The molecule has 0 saturated carbocycles. The first-order valence-corrected chi connectivity index (χ1v) is 11.5. The summed E-state index contributed by atoms with van der Waals surface area (Å²) < 4.78 is 34.3. The van der Waals surface area contributed by atoms with Crippen molar-refractivity contribution in [3.05, 3.63) is 42.1 Å². The lowest BCUT2D eigenvalue weighted by atomic mass is 10.1. The van der Waals surface area contributed by atoms with Gasteiger partial charge < -0.3 is 9.42 Å². The Morgan fingerprint density at radius 3 is 2.14 bits per heavy atom. The van der Waals surface area contributed by atoms with Crippen molar-refractivity contribution in [3.63, 3.8) is 0 Å². The van der Waals surface area contributed by atoms with E-state index in [-0.39, 0.29) is 11.6 Å². The molecule has 0 spiro atoms. The van der Waals surface area contributed by atoms with Crippen LogP contribution >= 0.6 is 0 Å². The molecule has 29 heavy (non-hydrogen) atoms. The summed E-state index contributed by atoms with van der Waals surface area (Å²) >= 11 is 0. The number of rotatable bonds is 4. The van der Waals surface area contributed by atoms with Gasteiger partial charge in [-0.15, -0.1) is 0 Å². The molecule has 0 radical (unpaired) electrons. The van der Waals surface area contributed by atoms with Crippen LogP contribution in [0.2, 0.25) is 0 Å². The minimum absolute atomic E-state index is 0.234. The van der Waals surface area contributed by atoms with Crippen LogP contribution in [0.5, 0.6) is 0 Å². The van der Waals surface area contributed by atoms with Crippen molar-refractivity contribution in [1.29, 1.82) is 0 Å². The third-order valence-corrected chi connectivity index (χ3v) is 7.57. The molecular weight excluding hydrogens is 392 g/mol. The largest absolute Gasteiger partial charge is 0.355 e. The van der Waals surface area contributed by atoms with Crippen molar-refractivity contribution in [2.75, 3.05) is 39.3 Å². The molecule has 2 aliphatic heterocycles. The van der Waals surface area contributed by atoms with Gasteiger partial charge in [0, 0.05) is 50.9 Å². The van der Waals surface area contributed by atoms with E-state index < -0.39 is 10.2 Å². The number of benzene rings is 1. The first-order chi connectivity index (χ1) is 14.1. The van der Waals surface area contributed by atoms with Crippen LogP contribution in [-0.2, 0) is 10.2 Å². The van der Waals surface area contributed by atoms with Gasteiger partial charge in [-0.05, 0) is 12.8 Å². The van der Waals surface area contributed by atoms with E-state index in [4.69, 9.17) is 4.52 Å². The Balaban J connectivity index is 1.38. The highest BCUT2D eigenvalue weighted by molar-refractivity contribution is 7.86. The maximum absolute atomic E-state index is 12.9. The number of nitrogens with zero attached hydrogens (tertiary/aromatic N) is 4. The fourth-order valence-electron chi connectivity index (χ4n) is 3.83. The Morgan fingerprint density at radius 1 is 0.862 bits per heavy atom. The summed E-state index contributed by atoms with van der Waals surface area (Å²) in [6, 6.07) is 11.1. The van der Waals surface area contributed by atoms with Crippen molar-refractivity contribution in [3.8, 4) is 11.3 Å². The molecule has 0 unspecified atom stereocenters. The molecule has 0 bridgehead atoms. The van der Waals surface area contributed by atoms with Gasteiger partial charge in [0.25, 0.3) is 16.1 Å². The average molecular weight is 419 g/mol. The normalized spacial score (nSPS) is 19.8. The summed E-state index contributed by atoms with van der Waals surface area (Å²) in [6.45, 7) is 2.46. The molecule has 1 amide bonds. The zero-order chi connectivity index (χ0) is 20.3. The average Bonchev–Trinajstić information content (AvgIpc) is 3.08. The summed E-state index contributed by atoms with van der Waals surface area (Å²) in [7, 11) is -3.46. The van der Waals surface area contributed by atoms with Crippen molar-refractivity contribution >= 4 is 16.1 Å². The molecule has 4 rings (SSSR count). The van der Waals surface area contributed by atoms with Crippen LogP contribution in [0.1, 0.15) is 36.2 Å². The van der Waals surface area contributed by atoms with Crippen molar-refractivity contribution in [1.82, 2.24) is 18.7 Å². The standard InChI is InChI=1S/C20H26N4O4S/c25-20(18-16-19(28-21-18)17-8-4-3-5-9-17)22-12-14-24(15-13-22)29(26,27)23-10-6-1-2-7-11-23/h3-5,8-9,16H,1-2,6-7,10-15H2. The highest BCUT2D eigenvalue weighted by Gasteiger charge is 2.34. The minimum Gasteiger partial charge on any atom is -0.355 e. The van der Waals surface area contributed by atoms with Crippen LogP contribution in [0.15, 0.2) is 40.9 Å². The second kappa shape index (κ2) is 8.64. The van der Waals surface area contributed by atoms with E-state index in [1.54, 1.807) is 15.3 Å². The van der Waals surface area contributed by atoms with Crippen LogP contribution in [0.25, 0.3) is 11.3 Å². The van der Waals surface area contributed by atoms with Gasteiger partial charge in [0.2, 0.25) is 0 Å². The summed E-state index contributed by atoms with van der Waals surface area (Å²) in [4.78, 5) is 14.4. The smallest absolute Gasteiger partial charge is 0.282 e. The fourth-order valence-corrected chi connectivity index (χ4v) is 5.51. The summed E-state index contributed by atoms with van der Waals surface area (Å²) in [5.41, 5.74) is 1.10. The van der Waals surface area contributed by atoms with Crippen LogP contribution in [0.3, 0.4) is 0 Å². The highest BCUT2D eigenvalue weighted by atomic mass is 32.2. The second-order valence-corrected chi connectivity index (χ2v) is 9.38. The van der Waals surface area contributed by atoms with Crippen LogP contribution in [-0.4, -0.2) is 72.3 Å². The highest BCUT2D eigenvalue weighted by Crippen LogP contribution is 2.22. The molecule has 0 atom stereocenters. The Hall–Kier alpha value is -2.23. The molecule has 0 aliphatic carbocycles. The Kier molecular flexibility index (Phi) is 5.98. The lowest BCUT2D eigenvalue weighted by Gasteiger charge is -2.36. The number of piperazine rings is 1. The van der Waals surface area contributed by atoms with Crippen LogP contribution in [0, 0.1) is 0 Å². The molecule has 1 aromatic heterocycles. The number of hydrogen-bond acceptors (Lipinski definition) is 5. The predicted octanol–water partition coefficient (Wildman–Crippen LogP) is 2.22. The van der Waals surface area contributed by atoms with Gasteiger partial charge in [0.05, 0.1) is 0 Å². The molecular formula is C20H26N4O4S. The van der Waals surface area contributed by atoms with Gasteiger partial charge in [-0.2, -0.15) is 17.0 Å². The summed E-state index contributed by atoms with van der Waals surface area (Å²) in [6.07, 6.45) is 3.98. The quantitative estimate of drug-likeness (QED) is 0.760. The Morgan fingerprint density at radius 2 is 1.48 bits per heavy atom. The number of carbonyl (C=O) groups excluding carboxylic acids is 1. The van der Waals surface area contributed by atoms with Gasteiger partial charge in [-0.25, -0.2) is 0 Å². The third-order valence-electron chi connectivity index (χ3n) is 5.53. The van der Waals surface area contributed by atoms with E-state index in [0.29, 0.717) is 45.0 Å². The maximum atomic E-state index is 12.9. The second-order valence-electron chi connectivity index (χ2n) is 7.45. The van der Waals surface area contributed by atoms with E-state index in [1.807, 2.05) is 30.3 Å². The molecule has 2 aromatic rings. The van der Waals surface area contributed by atoms with Gasteiger partial charge in [0.15, 0.2) is 11.5 Å². The van der Waals surface area contributed by atoms with Crippen molar-refractivity contribution < 1.29 is 17.7 Å². The zero-order valence-electron chi connectivity index (χ0n) is 16.4.